The molecule has 1 aromatic carbocycles. The lowest BCUT2D eigenvalue weighted by atomic mass is 9.46. The van der Waals surface area contributed by atoms with Gasteiger partial charge in [-0.1, -0.05) is 75.2 Å². The molecule has 1 amide bonds. The van der Waals surface area contributed by atoms with Crippen LogP contribution in [0.5, 0.6) is 0 Å². The number of carboxylic acids is 1. The van der Waals surface area contributed by atoms with Crippen molar-refractivity contribution in [3.05, 3.63) is 60.2 Å². The van der Waals surface area contributed by atoms with Crippen molar-refractivity contribution >= 4 is 11.9 Å². The number of allylic oxidation sites excluding steroid dienone is 3. The molecule has 0 bridgehead atoms. The van der Waals surface area contributed by atoms with Crippen molar-refractivity contribution in [2.45, 2.75) is 71.8 Å². The molecule has 0 saturated heterocycles. The lowest BCUT2D eigenvalue weighted by Gasteiger charge is -2.58. The van der Waals surface area contributed by atoms with E-state index < -0.39 is 17.4 Å². The highest BCUT2D eigenvalue weighted by atomic mass is 16.4. The Bertz CT molecular complexity index is 937. The maximum Gasteiger partial charge on any atom is 0.330 e. The van der Waals surface area contributed by atoms with Gasteiger partial charge in [0.15, 0.2) is 6.04 Å². The molecule has 1 aromatic rings. The van der Waals surface area contributed by atoms with Gasteiger partial charge in [0, 0.05) is 0 Å². The van der Waals surface area contributed by atoms with Crippen molar-refractivity contribution in [2.24, 2.45) is 28.1 Å². The van der Waals surface area contributed by atoms with E-state index in [2.05, 4.69) is 44.8 Å². The first-order valence-electron chi connectivity index (χ1n) is 12.1. The molecule has 2 saturated carbocycles. The quantitative estimate of drug-likeness (QED) is 0.552. The van der Waals surface area contributed by atoms with E-state index in [1.165, 1.54) is 0 Å². The zero-order chi connectivity index (χ0) is 23.1. The molecule has 172 valence electrons. The van der Waals surface area contributed by atoms with Crippen LogP contribution in [0.2, 0.25) is 0 Å². The van der Waals surface area contributed by atoms with Crippen molar-refractivity contribution in [2.75, 3.05) is 0 Å². The van der Waals surface area contributed by atoms with Crippen LogP contribution >= 0.6 is 0 Å². The summed E-state index contributed by atoms with van der Waals surface area (Å²) in [6.45, 7) is 10.8. The number of benzene rings is 1. The number of rotatable bonds is 5. The third-order valence-corrected chi connectivity index (χ3v) is 9.00. The highest BCUT2D eigenvalue weighted by Crippen LogP contribution is 2.63. The van der Waals surface area contributed by atoms with Crippen LogP contribution in [-0.2, 0) is 9.59 Å². The van der Waals surface area contributed by atoms with Crippen molar-refractivity contribution in [1.29, 1.82) is 0 Å². The number of carbonyl (C=O) groups excluding carboxylic acids is 1. The van der Waals surface area contributed by atoms with Crippen LogP contribution in [0.15, 0.2) is 54.6 Å². The van der Waals surface area contributed by atoms with Crippen LogP contribution in [0.25, 0.3) is 0 Å². The van der Waals surface area contributed by atoms with Crippen molar-refractivity contribution in [3.63, 3.8) is 0 Å². The van der Waals surface area contributed by atoms with Crippen LogP contribution in [0.4, 0.5) is 0 Å². The highest BCUT2D eigenvalue weighted by Gasteiger charge is 2.57. The number of carboxylic acid groups (broad SMARTS) is 1. The minimum atomic E-state index is -1.02. The monoisotopic (exact) mass is 435 g/mol. The lowest BCUT2D eigenvalue weighted by Crippen LogP contribution is -2.56. The Morgan fingerprint density at radius 2 is 1.88 bits per heavy atom. The topological polar surface area (TPSA) is 66.4 Å². The Kier molecular flexibility index (Phi) is 5.85. The zero-order valence-electron chi connectivity index (χ0n) is 19.7. The molecule has 4 heteroatoms. The average molecular weight is 436 g/mol. The Hall–Kier alpha value is -2.36. The van der Waals surface area contributed by atoms with Crippen LogP contribution < -0.4 is 5.32 Å². The maximum atomic E-state index is 13.7. The van der Waals surface area contributed by atoms with E-state index in [1.54, 1.807) is 17.7 Å². The molecular formula is C28H37NO3. The normalized spacial score (nSPS) is 37.3. The minimum Gasteiger partial charge on any atom is -0.479 e. The summed E-state index contributed by atoms with van der Waals surface area (Å²) in [6.07, 6.45) is 11.7. The molecule has 0 heterocycles. The predicted molar refractivity (Wildman–Crippen MR) is 127 cm³/mol. The second kappa shape index (κ2) is 8.20. The largest absolute Gasteiger partial charge is 0.479 e. The maximum absolute atomic E-state index is 13.7. The molecule has 2 N–H and O–H groups in total. The number of hydrogen-bond acceptors (Lipinski definition) is 2. The van der Waals surface area contributed by atoms with Gasteiger partial charge >= 0.3 is 5.97 Å². The second-order valence-corrected chi connectivity index (χ2v) is 11.1. The van der Waals surface area contributed by atoms with E-state index in [1.807, 2.05) is 18.2 Å². The van der Waals surface area contributed by atoms with Gasteiger partial charge in [-0.15, -0.1) is 6.58 Å². The summed E-state index contributed by atoms with van der Waals surface area (Å²) in [7, 11) is 0. The van der Waals surface area contributed by atoms with Gasteiger partial charge < -0.3 is 10.4 Å². The fraction of sp³-hybridized carbons (Fsp3) is 0.571. The second-order valence-electron chi connectivity index (χ2n) is 11.1. The molecule has 4 rings (SSSR count). The molecule has 32 heavy (non-hydrogen) atoms. The molecule has 0 radical (unpaired) electrons. The molecule has 2 fully saturated rings. The Labute approximate surface area is 192 Å². The fourth-order valence-electron chi connectivity index (χ4n) is 7.12. The number of carbonyl (C=O) groups is 2. The zero-order valence-corrected chi connectivity index (χ0v) is 19.7. The van der Waals surface area contributed by atoms with E-state index in [-0.39, 0.29) is 22.7 Å². The minimum absolute atomic E-state index is 0.00121. The first kappa shape index (κ1) is 22.8. The third-order valence-electron chi connectivity index (χ3n) is 9.00. The van der Waals surface area contributed by atoms with Gasteiger partial charge in [0.1, 0.15) is 0 Å². The number of aliphatic carboxylic acids is 1. The molecule has 0 aliphatic heterocycles. The van der Waals surface area contributed by atoms with Gasteiger partial charge in [-0.05, 0) is 66.8 Å². The van der Waals surface area contributed by atoms with Gasteiger partial charge in [-0.25, -0.2) is 4.79 Å². The van der Waals surface area contributed by atoms with Crippen LogP contribution in [0.3, 0.4) is 0 Å². The number of hydrogen-bond donors (Lipinski definition) is 2. The SMILES string of the molecule is C=C[C@]1(C)CC=C2C(CCC3[C@@](C)(C(=O)N[C@H](C(=O)O)c4ccccc4)CCC[C@]23C)C1. The Morgan fingerprint density at radius 3 is 2.53 bits per heavy atom. The van der Waals surface area contributed by atoms with E-state index in [0.717, 1.165) is 44.9 Å². The fourth-order valence-corrected chi connectivity index (χ4v) is 7.12. The summed E-state index contributed by atoms with van der Waals surface area (Å²) in [5, 5.41) is 12.8. The van der Waals surface area contributed by atoms with Crippen LogP contribution in [0, 0.1) is 28.1 Å². The summed E-state index contributed by atoms with van der Waals surface area (Å²) in [6, 6.07) is 7.98. The molecule has 3 aliphatic rings. The number of nitrogens with one attached hydrogen (secondary N) is 1. The summed E-state index contributed by atoms with van der Waals surface area (Å²) in [5.74, 6) is -0.344. The molecule has 0 spiro atoms. The van der Waals surface area contributed by atoms with Crippen molar-refractivity contribution in [1.82, 2.24) is 5.32 Å². The highest BCUT2D eigenvalue weighted by molar-refractivity contribution is 5.88. The number of amides is 1. The standard InChI is InChI=1S/C28H37NO3/c1-5-26(2)17-14-21-20(18-26)12-13-22-27(21,3)15-9-16-28(22,4)25(32)29-23(24(30)31)19-10-7-6-8-11-19/h5-8,10-11,14,20,22-23H,1,9,12-13,15-18H2,2-4H3,(H,29,32)(H,30,31)/t20?,22?,23-,26+,27+,28-/m0/s1. The van der Waals surface area contributed by atoms with Crippen molar-refractivity contribution < 1.29 is 14.7 Å². The first-order chi connectivity index (χ1) is 15.1. The summed E-state index contributed by atoms with van der Waals surface area (Å²) >= 11 is 0. The molecule has 6 atom stereocenters. The van der Waals surface area contributed by atoms with E-state index in [0.29, 0.717) is 11.5 Å². The van der Waals surface area contributed by atoms with Gasteiger partial charge in [-0.3, -0.25) is 4.79 Å². The lowest BCUT2D eigenvalue weighted by molar-refractivity contribution is -0.149. The van der Waals surface area contributed by atoms with Gasteiger partial charge in [0.2, 0.25) is 5.91 Å². The summed E-state index contributed by atoms with van der Waals surface area (Å²) in [4.78, 5) is 25.7. The predicted octanol–water partition coefficient (Wildman–Crippen LogP) is 6.06. The smallest absolute Gasteiger partial charge is 0.330 e. The van der Waals surface area contributed by atoms with Crippen LogP contribution in [-0.4, -0.2) is 17.0 Å². The van der Waals surface area contributed by atoms with Gasteiger partial charge in [-0.2, -0.15) is 0 Å². The van der Waals surface area contributed by atoms with Gasteiger partial charge in [0.05, 0.1) is 5.41 Å². The summed E-state index contributed by atoms with van der Waals surface area (Å²) in [5.41, 5.74) is 1.75. The molecule has 2 unspecified atom stereocenters. The average Bonchev–Trinajstić information content (AvgIpc) is 2.77. The van der Waals surface area contributed by atoms with Gasteiger partial charge in [0.25, 0.3) is 0 Å². The van der Waals surface area contributed by atoms with Crippen molar-refractivity contribution in [3.8, 4) is 0 Å². The molecule has 3 aliphatic carbocycles. The Morgan fingerprint density at radius 1 is 1.16 bits per heavy atom. The molecule has 4 nitrogen and oxygen atoms in total. The number of fused-ring (bicyclic) bond motifs is 3. The van der Waals surface area contributed by atoms with Crippen LogP contribution in [0.1, 0.15) is 77.3 Å². The Balaban J connectivity index is 1.62. The van der Waals surface area contributed by atoms with E-state index in [4.69, 9.17) is 0 Å². The molecular weight excluding hydrogens is 398 g/mol. The van der Waals surface area contributed by atoms with E-state index >= 15 is 0 Å². The van der Waals surface area contributed by atoms with E-state index in [9.17, 15) is 14.7 Å². The third kappa shape index (κ3) is 3.72. The molecule has 0 aromatic heterocycles. The first-order valence-corrected chi connectivity index (χ1v) is 12.1. The summed E-state index contributed by atoms with van der Waals surface area (Å²) < 4.78 is 0.